The standard InChI is InChI=1S/C27H34F2N10O2/c1-34-7-9-35(10-8-34)24(41)17-37-14-19(13-30-37)31-26-32-25-22(3-2-6-38(25)33-26)36-15-20-4-5-21(16-36)39(20)23(40)11-18-12-27(18,28)29/h2-3,6,13-14,18,20-21H,4-5,7-12,15-17H2,1H3,(H,31,33). The molecule has 1 aliphatic carbocycles. The molecular weight excluding hydrogens is 534 g/mol. The molecule has 3 aliphatic heterocycles. The number of piperazine rings is 2. The molecule has 0 spiro atoms. The molecule has 14 heteroatoms. The first-order chi connectivity index (χ1) is 19.7. The highest BCUT2D eigenvalue weighted by Gasteiger charge is 2.58. The Labute approximate surface area is 235 Å². The zero-order chi connectivity index (χ0) is 28.3. The predicted molar refractivity (Wildman–Crippen MR) is 146 cm³/mol. The second kappa shape index (κ2) is 9.93. The van der Waals surface area contributed by atoms with Crippen LogP contribution >= 0.6 is 0 Å². The van der Waals surface area contributed by atoms with E-state index in [0.29, 0.717) is 30.4 Å². The number of carbonyl (C=O) groups excluding carboxylic acids is 2. The van der Waals surface area contributed by atoms with Gasteiger partial charge in [-0.25, -0.2) is 13.3 Å². The summed E-state index contributed by atoms with van der Waals surface area (Å²) in [5.41, 5.74) is 2.28. The molecule has 3 saturated heterocycles. The number of nitrogens with one attached hydrogen (secondary N) is 1. The Bertz CT molecular complexity index is 1450. The molecule has 7 rings (SSSR count). The Morgan fingerprint density at radius 1 is 1.10 bits per heavy atom. The van der Waals surface area contributed by atoms with E-state index in [0.717, 1.165) is 44.7 Å². The van der Waals surface area contributed by atoms with Gasteiger partial charge in [-0.05, 0) is 32.0 Å². The lowest BCUT2D eigenvalue weighted by atomic mass is 10.1. The third-order valence-electron chi connectivity index (χ3n) is 8.87. The van der Waals surface area contributed by atoms with Crippen molar-refractivity contribution in [2.45, 2.75) is 50.2 Å². The molecule has 1 N–H and O–H groups in total. The number of pyridine rings is 1. The van der Waals surface area contributed by atoms with Crippen LogP contribution in [0.1, 0.15) is 25.7 Å². The highest BCUT2D eigenvalue weighted by Crippen LogP contribution is 2.51. The second-order valence-corrected chi connectivity index (χ2v) is 11.8. The molecule has 3 aromatic rings. The number of fused-ring (bicyclic) bond motifs is 3. The van der Waals surface area contributed by atoms with Gasteiger partial charge in [0, 0.05) is 82.5 Å². The Balaban J connectivity index is 1.01. The number of rotatable bonds is 7. The molecule has 1 saturated carbocycles. The van der Waals surface area contributed by atoms with Crippen LogP contribution in [0.15, 0.2) is 30.7 Å². The molecule has 3 unspecified atom stereocenters. The molecule has 2 bridgehead atoms. The molecule has 4 fully saturated rings. The zero-order valence-electron chi connectivity index (χ0n) is 23.0. The van der Waals surface area contributed by atoms with Gasteiger partial charge in [0.05, 0.1) is 17.6 Å². The van der Waals surface area contributed by atoms with E-state index in [4.69, 9.17) is 4.98 Å². The minimum Gasteiger partial charge on any atom is -0.364 e. The number of nitrogens with zero attached hydrogens (tertiary/aromatic N) is 9. The Hall–Kier alpha value is -3.81. The van der Waals surface area contributed by atoms with Gasteiger partial charge in [0.15, 0.2) is 5.65 Å². The van der Waals surface area contributed by atoms with Crippen LogP contribution in [0.25, 0.3) is 5.65 Å². The lowest BCUT2D eigenvalue weighted by Gasteiger charge is -2.42. The molecule has 4 aliphatic rings. The quantitative estimate of drug-likeness (QED) is 0.459. The molecule has 0 aromatic carbocycles. The van der Waals surface area contributed by atoms with Crippen molar-refractivity contribution < 1.29 is 18.4 Å². The molecule has 41 heavy (non-hydrogen) atoms. The van der Waals surface area contributed by atoms with Gasteiger partial charge in [-0.15, -0.1) is 5.10 Å². The highest BCUT2D eigenvalue weighted by molar-refractivity contribution is 5.79. The summed E-state index contributed by atoms with van der Waals surface area (Å²) in [6, 6.07) is 3.93. The maximum atomic E-state index is 13.4. The summed E-state index contributed by atoms with van der Waals surface area (Å²) in [6.07, 6.45) is 6.76. The van der Waals surface area contributed by atoms with Crippen molar-refractivity contribution in [2.24, 2.45) is 5.92 Å². The summed E-state index contributed by atoms with van der Waals surface area (Å²) in [4.78, 5) is 38.5. The van der Waals surface area contributed by atoms with Crippen molar-refractivity contribution in [1.82, 2.24) is 39.1 Å². The molecule has 0 radical (unpaired) electrons. The average molecular weight is 569 g/mol. The average Bonchev–Trinajstić information content (AvgIpc) is 3.31. The summed E-state index contributed by atoms with van der Waals surface area (Å²) >= 11 is 0. The van der Waals surface area contributed by atoms with E-state index in [1.54, 1.807) is 21.6 Å². The number of halogens is 2. The smallest absolute Gasteiger partial charge is 0.252 e. The highest BCUT2D eigenvalue weighted by atomic mass is 19.3. The van der Waals surface area contributed by atoms with Crippen LogP contribution in [0, 0.1) is 5.92 Å². The second-order valence-electron chi connectivity index (χ2n) is 11.8. The van der Waals surface area contributed by atoms with Crippen molar-refractivity contribution in [3.05, 3.63) is 30.7 Å². The fraction of sp³-hybridized carbons (Fsp3) is 0.593. The molecule has 12 nitrogen and oxygen atoms in total. The van der Waals surface area contributed by atoms with Crippen LogP contribution < -0.4 is 10.2 Å². The zero-order valence-corrected chi connectivity index (χ0v) is 23.0. The van der Waals surface area contributed by atoms with E-state index >= 15 is 0 Å². The number of aromatic nitrogens is 5. The Kier molecular flexibility index (Phi) is 6.32. The van der Waals surface area contributed by atoms with Gasteiger partial charge in [0.2, 0.25) is 17.8 Å². The van der Waals surface area contributed by atoms with Gasteiger partial charge >= 0.3 is 0 Å². The largest absolute Gasteiger partial charge is 0.364 e. The van der Waals surface area contributed by atoms with E-state index in [1.165, 1.54) is 0 Å². The lowest BCUT2D eigenvalue weighted by Crippen LogP contribution is -2.56. The first kappa shape index (κ1) is 26.1. The lowest BCUT2D eigenvalue weighted by molar-refractivity contribution is -0.135. The number of anilines is 3. The number of hydrogen-bond donors (Lipinski definition) is 1. The van der Waals surface area contributed by atoms with Crippen molar-refractivity contribution in [2.75, 3.05) is 56.5 Å². The first-order valence-electron chi connectivity index (χ1n) is 14.3. The van der Waals surface area contributed by atoms with Crippen molar-refractivity contribution in [3.63, 3.8) is 0 Å². The number of alkyl halides is 2. The maximum absolute atomic E-state index is 13.4. The fourth-order valence-corrected chi connectivity index (χ4v) is 6.44. The molecule has 3 aromatic heterocycles. The van der Waals surface area contributed by atoms with Gasteiger partial charge in [-0.3, -0.25) is 14.3 Å². The van der Waals surface area contributed by atoms with Crippen molar-refractivity contribution >= 4 is 34.8 Å². The summed E-state index contributed by atoms with van der Waals surface area (Å²) in [7, 11) is 2.06. The monoisotopic (exact) mass is 568 g/mol. The third-order valence-corrected chi connectivity index (χ3v) is 8.87. The van der Waals surface area contributed by atoms with Crippen molar-refractivity contribution in [3.8, 4) is 0 Å². The predicted octanol–water partition coefficient (Wildman–Crippen LogP) is 1.67. The third kappa shape index (κ3) is 5.09. The number of amides is 2. The minimum absolute atomic E-state index is 0.00814. The maximum Gasteiger partial charge on any atom is 0.252 e. The molecular formula is C27H34F2N10O2. The van der Waals surface area contributed by atoms with Crippen LogP contribution in [0.2, 0.25) is 0 Å². The van der Waals surface area contributed by atoms with E-state index in [1.807, 2.05) is 28.1 Å². The number of carbonyl (C=O) groups is 2. The molecule has 3 atom stereocenters. The van der Waals surface area contributed by atoms with Gasteiger partial charge < -0.3 is 24.9 Å². The van der Waals surface area contributed by atoms with Crippen LogP contribution in [-0.2, 0) is 16.1 Å². The van der Waals surface area contributed by atoms with E-state index in [-0.39, 0.29) is 43.3 Å². The summed E-state index contributed by atoms with van der Waals surface area (Å²) < 4.78 is 30.2. The van der Waals surface area contributed by atoms with Gasteiger partial charge in [-0.1, -0.05) is 0 Å². The van der Waals surface area contributed by atoms with E-state index in [9.17, 15) is 18.4 Å². The molecule has 6 heterocycles. The summed E-state index contributed by atoms with van der Waals surface area (Å²) in [6.45, 7) is 4.63. The van der Waals surface area contributed by atoms with Crippen LogP contribution in [-0.4, -0.2) is 115 Å². The van der Waals surface area contributed by atoms with Gasteiger partial charge in [0.1, 0.15) is 6.54 Å². The molecule has 2 amide bonds. The van der Waals surface area contributed by atoms with Crippen molar-refractivity contribution in [1.29, 1.82) is 0 Å². The summed E-state index contributed by atoms with van der Waals surface area (Å²) in [5.74, 6) is -3.16. The van der Waals surface area contributed by atoms with E-state index in [2.05, 4.69) is 32.4 Å². The van der Waals surface area contributed by atoms with Crippen LogP contribution in [0.3, 0.4) is 0 Å². The molecule has 218 valence electrons. The van der Waals surface area contributed by atoms with E-state index < -0.39 is 11.8 Å². The summed E-state index contributed by atoms with van der Waals surface area (Å²) in [5, 5.41) is 12.1. The first-order valence-corrected chi connectivity index (χ1v) is 14.3. The van der Waals surface area contributed by atoms with Crippen LogP contribution in [0.4, 0.5) is 26.1 Å². The normalized spacial score (nSPS) is 25.6. The minimum atomic E-state index is -2.67. The van der Waals surface area contributed by atoms with Crippen LogP contribution in [0.5, 0.6) is 0 Å². The fourth-order valence-electron chi connectivity index (χ4n) is 6.44. The SMILES string of the molecule is CN1CCN(C(=O)Cn2cc(Nc3nc4c(N5CC6CCC(C5)N6C(=O)CC5CC5(F)F)cccn4n3)cn2)CC1. The number of likely N-dealkylation sites (N-methyl/N-ethyl adjacent to an activating group) is 1. The van der Waals surface area contributed by atoms with Gasteiger partial charge in [-0.2, -0.15) is 10.1 Å². The Morgan fingerprint density at radius 2 is 1.83 bits per heavy atom. The Morgan fingerprint density at radius 3 is 2.54 bits per heavy atom. The number of hydrogen-bond acceptors (Lipinski definition) is 8. The topological polar surface area (TPSA) is 107 Å². The van der Waals surface area contributed by atoms with Gasteiger partial charge in [0.25, 0.3) is 5.92 Å².